The minimum absolute atomic E-state index is 0.165. The summed E-state index contributed by atoms with van der Waals surface area (Å²) in [6.45, 7) is 7.87. The number of rotatable bonds is 3. The number of likely N-dealkylation sites (tertiary alicyclic amines) is 1. The molecule has 0 spiro atoms. The third-order valence-corrected chi connectivity index (χ3v) is 4.06. The highest BCUT2D eigenvalue weighted by molar-refractivity contribution is 5.99. The minimum Gasteiger partial charge on any atom is -0.342 e. The Bertz CT molecular complexity index is 317. The normalized spacial score (nSPS) is 20.5. The van der Waals surface area contributed by atoms with E-state index in [0.29, 0.717) is 0 Å². The lowest BCUT2D eigenvalue weighted by molar-refractivity contribution is -0.131. The summed E-state index contributed by atoms with van der Waals surface area (Å²) in [5, 5.41) is 0. The average Bonchev–Trinajstić information content (AvgIpc) is 2.90. The van der Waals surface area contributed by atoms with Crippen molar-refractivity contribution in [3.05, 3.63) is 0 Å². The number of carbonyl (C=O) groups is 1. The first-order valence-electron chi connectivity index (χ1n) is 7.38. The monoisotopic (exact) mass is 251 g/mol. The summed E-state index contributed by atoms with van der Waals surface area (Å²) < 4.78 is 0. The van der Waals surface area contributed by atoms with Gasteiger partial charge in [0.1, 0.15) is 0 Å². The molecule has 2 rings (SSSR count). The second-order valence-corrected chi connectivity index (χ2v) is 5.23. The Morgan fingerprint density at radius 2 is 1.83 bits per heavy atom. The molecule has 0 unspecified atom stereocenters. The van der Waals surface area contributed by atoms with Crippen molar-refractivity contribution in [3.8, 4) is 0 Å². The summed E-state index contributed by atoms with van der Waals surface area (Å²) in [6.07, 6.45) is 5.63. The van der Waals surface area contributed by atoms with Crippen molar-refractivity contribution in [3.63, 3.8) is 0 Å². The van der Waals surface area contributed by atoms with Crippen LogP contribution < -0.4 is 0 Å². The number of hydrogen-bond donors (Lipinski definition) is 0. The molecule has 0 atom stereocenters. The predicted molar refractivity (Wildman–Crippen MR) is 73.5 cm³/mol. The Morgan fingerprint density at radius 1 is 1.17 bits per heavy atom. The van der Waals surface area contributed by atoms with Crippen LogP contribution in [0.25, 0.3) is 0 Å². The van der Waals surface area contributed by atoms with Gasteiger partial charge < -0.3 is 4.90 Å². The number of hydrogen-bond acceptors (Lipinski definition) is 3. The van der Waals surface area contributed by atoms with Crippen molar-refractivity contribution in [1.29, 1.82) is 0 Å². The van der Waals surface area contributed by atoms with Crippen LogP contribution in [0, 0.1) is 5.92 Å². The number of aliphatic imine (C=N–C) groups is 1. The zero-order valence-corrected chi connectivity index (χ0v) is 11.7. The molecule has 0 saturated carbocycles. The maximum Gasteiger partial charge on any atom is 0.232 e. The number of nitrogens with zero attached hydrogens (tertiary/aromatic N) is 3. The van der Waals surface area contributed by atoms with Crippen LogP contribution in [0.1, 0.15) is 46.0 Å². The molecule has 0 aromatic heterocycles. The van der Waals surface area contributed by atoms with Gasteiger partial charge in [-0.3, -0.25) is 14.7 Å². The summed E-state index contributed by atoms with van der Waals surface area (Å²) in [7, 11) is 0. The van der Waals surface area contributed by atoms with E-state index in [4.69, 9.17) is 0 Å². The molecule has 1 amide bonds. The van der Waals surface area contributed by atoms with Gasteiger partial charge in [0, 0.05) is 25.6 Å². The molecule has 0 N–H and O–H groups in total. The van der Waals surface area contributed by atoms with Crippen LogP contribution >= 0.6 is 0 Å². The van der Waals surface area contributed by atoms with E-state index in [9.17, 15) is 4.79 Å². The van der Waals surface area contributed by atoms with Gasteiger partial charge in [-0.25, -0.2) is 0 Å². The van der Waals surface area contributed by atoms with Gasteiger partial charge >= 0.3 is 0 Å². The van der Waals surface area contributed by atoms with Crippen LogP contribution in [0.4, 0.5) is 0 Å². The Hall–Kier alpha value is -1.06. The third kappa shape index (κ3) is 2.68. The molecule has 102 valence electrons. The van der Waals surface area contributed by atoms with E-state index in [1.165, 1.54) is 19.3 Å². The minimum atomic E-state index is 0.165. The number of amides is 1. The molecule has 1 saturated heterocycles. The Kier molecular flexibility index (Phi) is 4.61. The van der Waals surface area contributed by atoms with Crippen LogP contribution in [0.2, 0.25) is 0 Å². The third-order valence-electron chi connectivity index (χ3n) is 4.06. The lowest BCUT2D eigenvalue weighted by Gasteiger charge is -2.33. The summed E-state index contributed by atoms with van der Waals surface area (Å²) >= 11 is 0. The maximum absolute atomic E-state index is 12.5. The summed E-state index contributed by atoms with van der Waals surface area (Å²) in [5.41, 5.74) is 0. The molecule has 2 heterocycles. The zero-order valence-electron chi connectivity index (χ0n) is 11.7. The fourth-order valence-electron chi connectivity index (χ4n) is 2.87. The quantitative estimate of drug-likeness (QED) is 0.770. The van der Waals surface area contributed by atoms with Crippen LogP contribution in [0.5, 0.6) is 0 Å². The summed E-state index contributed by atoms with van der Waals surface area (Å²) in [6, 6.07) is 0. The van der Waals surface area contributed by atoms with Crippen molar-refractivity contribution in [1.82, 2.24) is 9.80 Å². The first-order chi connectivity index (χ1) is 8.77. The summed E-state index contributed by atoms with van der Waals surface area (Å²) in [5.74, 6) is 1.39. The van der Waals surface area contributed by atoms with E-state index in [-0.39, 0.29) is 11.8 Å². The highest BCUT2D eigenvalue weighted by Gasteiger charge is 2.31. The van der Waals surface area contributed by atoms with E-state index >= 15 is 0 Å². The SMILES string of the molecule is CCC(CC)C(=O)N1CCN=C1N1CCCCC1. The molecule has 2 aliphatic rings. The zero-order chi connectivity index (χ0) is 13.0. The Balaban J connectivity index is 2.04. The van der Waals surface area contributed by atoms with Gasteiger partial charge in [-0.05, 0) is 32.1 Å². The van der Waals surface area contributed by atoms with Crippen LogP contribution in [0.15, 0.2) is 4.99 Å². The molecule has 0 aliphatic carbocycles. The lowest BCUT2D eigenvalue weighted by atomic mass is 10.0. The van der Waals surface area contributed by atoms with Gasteiger partial charge in [-0.2, -0.15) is 0 Å². The van der Waals surface area contributed by atoms with Gasteiger partial charge in [0.2, 0.25) is 11.9 Å². The lowest BCUT2D eigenvalue weighted by Crippen LogP contribution is -2.48. The number of piperidine rings is 1. The van der Waals surface area contributed by atoms with Crippen molar-refractivity contribution in [2.24, 2.45) is 10.9 Å². The van der Waals surface area contributed by atoms with E-state index in [1.54, 1.807) is 0 Å². The topological polar surface area (TPSA) is 35.9 Å². The fraction of sp³-hybridized carbons (Fsp3) is 0.857. The smallest absolute Gasteiger partial charge is 0.232 e. The standard InChI is InChI=1S/C14H25N3O/c1-3-12(4-2)13(18)17-11-8-15-14(17)16-9-6-5-7-10-16/h12H,3-11H2,1-2H3. The maximum atomic E-state index is 12.5. The molecule has 18 heavy (non-hydrogen) atoms. The van der Waals surface area contributed by atoms with E-state index < -0.39 is 0 Å². The number of carbonyl (C=O) groups excluding carboxylic acids is 1. The van der Waals surface area contributed by atoms with Gasteiger partial charge in [-0.1, -0.05) is 13.8 Å². The van der Waals surface area contributed by atoms with Gasteiger partial charge in [0.15, 0.2) is 0 Å². The first-order valence-corrected chi connectivity index (χ1v) is 7.38. The van der Waals surface area contributed by atoms with E-state index in [2.05, 4.69) is 23.7 Å². The fourth-order valence-corrected chi connectivity index (χ4v) is 2.87. The van der Waals surface area contributed by atoms with E-state index in [0.717, 1.165) is 45.0 Å². The number of guanidine groups is 1. The van der Waals surface area contributed by atoms with Gasteiger partial charge in [-0.15, -0.1) is 0 Å². The van der Waals surface area contributed by atoms with Crippen LogP contribution in [-0.4, -0.2) is 47.8 Å². The molecular formula is C14H25N3O. The van der Waals surface area contributed by atoms with Crippen molar-refractivity contribution < 1.29 is 4.79 Å². The highest BCUT2D eigenvalue weighted by atomic mass is 16.2. The molecule has 0 radical (unpaired) electrons. The molecule has 0 aromatic carbocycles. The highest BCUT2D eigenvalue weighted by Crippen LogP contribution is 2.19. The second-order valence-electron chi connectivity index (χ2n) is 5.23. The van der Waals surface area contributed by atoms with Crippen LogP contribution in [0.3, 0.4) is 0 Å². The molecule has 4 nitrogen and oxygen atoms in total. The van der Waals surface area contributed by atoms with Crippen LogP contribution in [-0.2, 0) is 4.79 Å². The summed E-state index contributed by atoms with van der Waals surface area (Å²) in [4.78, 5) is 21.3. The average molecular weight is 251 g/mol. The van der Waals surface area contributed by atoms with Gasteiger partial charge in [0.05, 0.1) is 6.54 Å². The van der Waals surface area contributed by atoms with Crippen molar-refractivity contribution >= 4 is 11.9 Å². The van der Waals surface area contributed by atoms with Gasteiger partial charge in [0.25, 0.3) is 0 Å². The molecule has 0 aromatic rings. The predicted octanol–water partition coefficient (Wildman–Crippen LogP) is 2.11. The largest absolute Gasteiger partial charge is 0.342 e. The Labute approximate surface area is 110 Å². The Morgan fingerprint density at radius 3 is 2.44 bits per heavy atom. The molecule has 2 aliphatic heterocycles. The molecule has 4 heteroatoms. The van der Waals surface area contributed by atoms with Crippen molar-refractivity contribution in [2.75, 3.05) is 26.2 Å². The van der Waals surface area contributed by atoms with Crippen molar-refractivity contribution in [2.45, 2.75) is 46.0 Å². The van der Waals surface area contributed by atoms with E-state index in [1.807, 2.05) is 4.90 Å². The first kappa shape index (κ1) is 13.4. The second kappa shape index (κ2) is 6.21. The molecule has 1 fully saturated rings. The molecular weight excluding hydrogens is 226 g/mol. The molecule has 0 bridgehead atoms.